The number of nitrogens with one attached hydrogen (secondary N) is 1. The fraction of sp³-hybridized carbons (Fsp3) is 0.556. The molecule has 0 bridgehead atoms. The Kier molecular flexibility index (Phi) is 9.68. The predicted molar refractivity (Wildman–Crippen MR) is 140 cm³/mol. The zero-order valence-electron chi connectivity index (χ0n) is 22.2. The summed E-state index contributed by atoms with van der Waals surface area (Å²) >= 11 is 0. The van der Waals surface area contributed by atoms with E-state index in [1.54, 1.807) is 34.1 Å². The average Bonchev–Trinajstić information content (AvgIpc) is 3.31. The lowest BCUT2D eigenvalue weighted by atomic mass is 9.94. The average molecular weight is 514 g/mol. The smallest absolute Gasteiger partial charge is 0.418 e. The number of primary amides is 1. The van der Waals surface area contributed by atoms with Gasteiger partial charge in [0.2, 0.25) is 5.91 Å². The lowest BCUT2D eigenvalue weighted by Gasteiger charge is -2.34. The number of methoxy groups -OCH3 is 1. The lowest BCUT2D eigenvalue weighted by Crippen LogP contribution is -2.56. The van der Waals surface area contributed by atoms with Crippen LogP contribution in [-0.2, 0) is 27.2 Å². The monoisotopic (exact) mass is 513 g/mol. The first-order valence-electron chi connectivity index (χ1n) is 12.8. The Balaban J connectivity index is 1.70. The summed E-state index contributed by atoms with van der Waals surface area (Å²) in [5.74, 6) is -0.676. The van der Waals surface area contributed by atoms with E-state index >= 15 is 0 Å². The molecule has 10 heteroatoms. The topological polar surface area (TPSA) is 129 Å². The van der Waals surface area contributed by atoms with Gasteiger partial charge in [0.05, 0.1) is 19.3 Å². The maximum Gasteiger partial charge on any atom is 0.418 e. The second-order valence-electron chi connectivity index (χ2n) is 10.4. The SMILES string of the molecule is COCCn1cc(-c2ccc(CC(NC(=O)N(C(=O)OC(C)(C)C)C3CCCCC3)C(N)=O)cc2)cn1. The van der Waals surface area contributed by atoms with Crippen LogP contribution in [0.4, 0.5) is 9.59 Å². The van der Waals surface area contributed by atoms with E-state index in [9.17, 15) is 14.4 Å². The van der Waals surface area contributed by atoms with Gasteiger partial charge in [-0.3, -0.25) is 9.48 Å². The minimum atomic E-state index is -0.983. The number of carbonyl (C=O) groups is 3. The number of nitrogens with two attached hydrogens (primary N) is 1. The van der Waals surface area contributed by atoms with Crippen molar-refractivity contribution in [2.24, 2.45) is 5.73 Å². The van der Waals surface area contributed by atoms with E-state index in [-0.39, 0.29) is 12.5 Å². The molecule has 0 radical (unpaired) electrons. The third kappa shape index (κ3) is 8.31. The van der Waals surface area contributed by atoms with Gasteiger partial charge < -0.3 is 20.5 Å². The molecule has 202 valence electrons. The summed E-state index contributed by atoms with van der Waals surface area (Å²) in [5.41, 5.74) is 7.64. The minimum Gasteiger partial charge on any atom is -0.443 e. The van der Waals surface area contributed by atoms with Crippen LogP contribution in [0.1, 0.15) is 58.4 Å². The molecular weight excluding hydrogens is 474 g/mol. The fourth-order valence-electron chi connectivity index (χ4n) is 4.38. The third-order valence-electron chi connectivity index (χ3n) is 6.27. The maximum atomic E-state index is 13.3. The first-order valence-corrected chi connectivity index (χ1v) is 12.8. The van der Waals surface area contributed by atoms with E-state index in [2.05, 4.69) is 10.4 Å². The van der Waals surface area contributed by atoms with Crippen LogP contribution in [0.2, 0.25) is 0 Å². The Hall–Kier alpha value is -3.40. The first-order chi connectivity index (χ1) is 17.6. The fourth-order valence-corrected chi connectivity index (χ4v) is 4.38. The highest BCUT2D eigenvalue weighted by Crippen LogP contribution is 2.25. The van der Waals surface area contributed by atoms with E-state index in [0.717, 1.165) is 40.9 Å². The van der Waals surface area contributed by atoms with E-state index in [1.807, 2.05) is 35.1 Å². The lowest BCUT2D eigenvalue weighted by molar-refractivity contribution is -0.119. The van der Waals surface area contributed by atoms with Crippen molar-refractivity contribution in [2.75, 3.05) is 13.7 Å². The van der Waals surface area contributed by atoms with Crippen molar-refractivity contribution in [1.82, 2.24) is 20.0 Å². The summed E-state index contributed by atoms with van der Waals surface area (Å²) in [4.78, 5) is 39.6. The van der Waals surface area contributed by atoms with Gasteiger partial charge in [0.1, 0.15) is 11.6 Å². The Morgan fingerprint density at radius 1 is 1.14 bits per heavy atom. The van der Waals surface area contributed by atoms with Crippen molar-refractivity contribution in [3.63, 3.8) is 0 Å². The van der Waals surface area contributed by atoms with E-state index < -0.39 is 29.7 Å². The van der Waals surface area contributed by atoms with Gasteiger partial charge in [-0.25, -0.2) is 14.5 Å². The van der Waals surface area contributed by atoms with E-state index in [1.165, 1.54) is 0 Å². The second-order valence-corrected chi connectivity index (χ2v) is 10.4. The molecule has 0 aliphatic heterocycles. The van der Waals surface area contributed by atoms with Crippen LogP contribution >= 0.6 is 0 Å². The molecule has 1 heterocycles. The highest BCUT2D eigenvalue weighted by molar-refractivity contribution is 5.94. The third-order valence-corrected chi connectivity index (χ3v) is 6.27. The van der Waals surface area contributed by atoms with Gasteiger partial charge in [-0.15, -0.1) is 0 Å². The number of urea groups is 1. The van der Waals surface area contributed by atoms with Crippen LogP contribution < -0.4 is 11.1 Å². The van der Waals surface area contributed by atoms with Gasteiger partial charge in [0.25, 0.3) is 0 Å². The van der Waals surface area contributed by atoms with Crippen molar-refractivity contribution in [2.45, 2.75) is 83.5 Å². The highest BCUT2D eigenvalue weighted by Gasteiger charge is 2.35. The number of ether oxygens (including phenoxy) is 2. The van der Waals surface area contributed by atoms with Gasteiger partial charge in [-0.1, -0.05) is 43.5 Å². The molecule has 2 aromatic rings. The van der Waals surface area contributed by atoms with Crippen molar-refractivity contribution >= 4 is 18.0 Å². The molecule has 1 aliphatic carbocycles. The molecule has 1 aromatic carbocycles. The molecule has 1 aliphatic rings. The number of imide groups is 1. The molecule has 1 aromatic heterocycles. The quantitative estimate of drug-likeness (QED) is 0.524. The zero-order chi connectivity index (χ0) is 27.0. The summed E-state index contributed by atoms with van der Waals surface area (Å²) in [6, 6.07) is 5.71. The predicted octanol–water partition coefficient (Wildman–Crippen LogP) is 3.87. The summed E-state index contributed by atoms with van der Waals surface area (Å²) < 4.78 is 12.4. The van der Waals surface area contributed by atoms with Crippen LogP contribution in [-0.4, -0.2) is 64.1 Å². The van der Waals surface area contributed by atoms with Crippen molar-refractivity contribution in [3.05, 3.63) is 42.2 Å². The molecule has 1 unspecified atom stereocenters. The minimum absolute atomic E-state index is 0.196. The number of aromatic nitrogens is 2. The van der Waals surface area contributed by atoms with Gasteiger partial charge in [0, 0.05) is 31.3 Å². The first kappa shape index (κ1) is 28.2. The molecule has 3 N–H and O–H groups in total. The van der Waals surface area contributed by atoms with Crippen LogP contribution in [0.3, 0.4) is 0 Å². The Morgan fingerprint density at radius 2 is 1.81 bits per heavy atom. The number of amides is 4. The molecule has 37 heavy (non-hydrogen) atoms. The number of carbonyl (C=O) groups excluding carboxylic acids is 3. The number of hydrogen-bond acceptors (Lipinski definition) is 6. The molecule has 1 saturated carbocycles. The van der Waals surface area contributed by atoms with Crippen molar-refractivity contribution in [1.29, 1.82) is 0 Å². The summed E-state index contributed by atoms with van der Waals surface area (Å²) in [7, 11) is 1.65. The maximum absolute atomic E-state index is 13.3. The van der Waals surface area contributed by atoms with Gasteiger partial charge >= 0.3 is 12.1 Å². The van der Waals surface area contributed by atoms with Gasteiger partial charge in [-0.2, -0.15) is 5.10 Å². The molecular formula is C27H39N5O5. The number of rotatable bonds is 9. The summed E-state index contributed by atoms with van der Waals surface area (Å²) in [6.45, 7) is 6.50. The van der Waals surface area contributed by atoms with Crippen LogP contribution in [0.25, 0.3) is 11.1 Å². The van der Waals surface area contributed by atoms with Crippen molar-refractivity contribution < 1.29 is 23.9 Å². The van der Waals surface area contributed by atoms with E-state index in [0.29, 0.717) is 26.0 Å². The van der Waals surface area contributed by atoms with Crippen LogP contribution in [0, 0.1) is 0 Å². The van der Waals surface area contributed by atoms with E-state index in [4.69, 9.17) is 15.2 Å². The molecule has 4 amide bonds. The number of nitrogens with zero attached hydrogens (tertiary/aromatic N) is 3. The molecule has 3 rings (SSSR count). The molecule has 10 nitrogen and oxygen atoms in total. The zero-order valence-corrected chi connectivity index (χ0v) is 22.2. The number of benzene rings is 1. The second kappa shape index (κ2) is 12.7. The standard InChI is InChI=1S/C27H39N5O5/c1-27(2,3)37-26(35)32(22-8-6-5-7-9-22)25(34)30-23(24(28)33)16-19-10-12-20(13-11-19)21-17-29-31(18-21)14-15-36-4/h10-13,17-18,22-23H,5-9,14-16H2,1-4H3,(H2,28,33)(H,30,34). The van der Waals surface area contributed by atoms with Gasteiger partial charge in [-0.05, 0) is 44.7 Å². The van der Waals surface area contributed by atoms with Crippen molar-refractivity contribution in [3.8, 4) is 11.1 Å². The van der Waals surface area contributed by atoms with Crippen LogP contribution in [0.15, 0.2) is 36.7 Å². The summed E-state index contributed by atoms with van der Waals surface area (Å²) in [5, 5.41) is 7.02. The molecule has 1 atom stereocenters. The Bertz CT molecular complexity index is 1050. The Labute approximate surface area is 218 Å². The largest absolute Gasteiger partial charge is 0.443 e. The summed E-state index contributed by atoms with van der Waals surface area (Å²) in [6.07, 6.45) is 7.53. The number of hydrogen-bond donors (Lipinski definition) is 2. The molecule has 1 fully saturated rings. The van der Waals surface area contributed by atoms with Gasteiger partial charge in [0.15, 0.2) is 0 Å². The highest BCUT2D eigenvalue weighted by atomic mass is 16.6. The Morgan fingerprint density at radius 3 is 2.41 bits per heavy atom. The normalized spacial score (nSPS) is 15.1. The molecule has 0 spiro atoms. The molecule has 0 saturated heterocycles. The van der Waals surface area contributed by atoms with Crippen LogP contribution in [0.5, 0.6) is 0 Å².